The second-order valence-corrected chi connectivity index (χ2v) is 13.7. The van der Waals surface area contributed by atoms with Crippen LogP contribution in [0.5, 0.6) is 0 Å². The quantitative estimate of drug-likeness (QED) is 0.479. The van der Waals surface area contributed by atoms with Crippen LogP contribution in [0.4, 0.5) is 0 Å². The second kappa shape index (κ2) is 9.32. The Balaban J connectivity index is 1.87. The maximum Gasteiger partial charge on any atom is 0.330 e. The van der Waals surface area contributed by atoms with Gasteiger partial charge in [-0.15, -0.1) is 0 Å². The lowest BCUT2D eigenvalue weighted by atomic mass is 9.89. The zero-order valence-corrected chi connectivity index (χ0v) is 19.8. The Morgan fingerprint density at radius 2 is 1.53 bits per heavy atom. The molecule has 0 spiro atoms. The van der Waals surface area contributed by atoms with Gasteiger partial charge in [0.1, 0.15) is 6.10 Å². The normalized spacial score (nSPS) is 20.6. The molecule has 30 heavy (non-hydrogen) atoms. The number of hydrogen-bond acceptors (Lipinski definition) is 3. The van der Waals surface area contributed by atoms with E-state index in [0.29, 0.717) is 6.61 Å². The molecule has 4 heteroatoms. The molecule has 2 aromatic rings. The van der Waals surface area contributed by atoms with Gasteiger partial charge in [-0.25, -0.2) is 4.79 Å². The van der Waals surface area contributed by atoms with Crippen molar-refractivity contribution in [1.29, 1.82) is 0 Å². The minimum atomic E-state index is -2.52. The van der Waals surface area contributed by atoms with Gasteiger partial charge in [-0.2, -0.15) is 0 Å². The van der Waals surface area contributed by atoms with Gasteiger partial charge >= 0.3 is 5.97 Å². The lowest BCUT2D eigenvalue weighted by Gasteiger charge is -2.43. The van der Waals surface area contributed by atoms with Crippen molar-refractivity contribution in [2.24, 2.45) is 11.8 Å². The molecule has 0 aliphatic carbocycles. The molecule has 0 bridgehead atoms. The molecule has 0 unspecified atom stereocenters. The van der Waals surface area contributed by atoms with Crippen LogP contribution in [0.3, 0.4) is 0 Å². The Bertz CT molecular complexity index is 815. The predicted molar refractivity (Wildman–Crippen MR) is 126 cm³/mol. The monoisotopic (exact) mass is 422 g/mol. The van der Waals surface area contributed by atoms with E-state index in [-0.39, 0.29) is 28.9 Å². The number of hydrogen-bond donors (Lipinski definition) is 0. The molecule has 3 rings (SSSR count). The average Bonchev–Trinajstić information content (AvgIpc) is 2.73. The molecule has 0 N–H and O–H groups in total. The predicted octanol–water partition coefficient (Wildman–Crippen LogP) is 4.71. The highest BCUT2D eigenvalue weighted by atomic mass is 28.4. The van der Waals surface area contributed by atoms with Crippen molar-refractivity contribution in [3.8, 4) is 0 Å². The zero-order chi connectivity index (χ0) is 21.8. The Hall–Kier alpha value is -2.17. The molecular weight excluding hydrogens is 388 g/mol. The molecule has 0 fully saturated rings. The molecule has 0 saturated carbocycles. The van der Waals surface area contributed by atoms with Gasteiger partial charge in [0.25, 0.3) is 8.32 Å². The Kier molecular flexibility index (Phi) is 6.99. The molecule has 1 aliphatic heterocycles. The molecule has 160 valence electrons. The van der Waals surface area contributed by atoms with Crippen molar-refractivity contribution in [2.75, 3.05) is 6.61 Å². The van der Waals surface area contributed by atoms with Gasteiger partial charge in [-0.3, -0.25) is 0 Å². The Morgan fingerprint density at radius 1 is 1.00 bits per heavy atom. The van der Waals surface area contributed by atoms with Gasteiger partial charge in [-0.1, -0.05) is 101 Å². The summed E-state index contributed by atoms with van der Waals surface area (Å²) in [4.78, 5) is 11.7. The van der Waals surface area contributed by atoms with Crippen LogP contribution in [0.1, 0.15) is 41.0 Å². The summed E-state index contributed by atoms with van der Waals surface area (Å²) in [7, 11) is -2.52. The van der Waals surface area contributed by atoms with E-state index in [4.69, 9.17) is 9.16 Å². The third-order valence-corrected chi connectivity index (χ3v) is 11.2. The smallest absolute Gasteiger partial charge is 0.330 e. The number of ether oxygens (including phenoxy) is 1. The van der Waals surface area contributed by atoms with Gasteiger partial charge < -0.3 is 9.16 Å². The van der Waals surface area contributed by atoms with E-state index < -0.39 is 8.32 Å². The first-order valence-electron chi connectivity index (χ1n) is 10.9. The summed E-state index contributed by atoms with van der Waals surface area (Å²) in [5.41, 5.74) is 0. The van der Waals surface area contributed by atoms with Crippen molar-refractivity contribution in [3.05, 3.63) is 72.8 Å². The van der Waals surface area contributed by atoms with E-state index in [9.17, 15) is 4.79 Å². The summed E-state index contributed by atoms with van der Waals surface area (Å²) in [5.74, 6) is 0.218. The van der Waals surface area contributed by atoms with Crippen molar-refractivity contribution in [3.63, 3.8) is 0 Å². The Labute approximate surface area is 182 Å². The topological polar surface area (TPSA) is 35.5 Å². The van der Waals surface area contributed by atoms with Gasteiger partial charge in [-0.05, 0) is 27.8 Å². The number of rotatable bonds is 7. The Morgan fingerprint density at radius 3 is 2.03 bits per heavy atom. The van der Waals surface area contributed by atoms with E-state index in [1.165, 1.54) is 16.4 Å². The van der Waals surface area contributed by atoms with Crippen LogP contribution in [0.2, 0.25) is 5.04 Å². The van der Waals surface area contributed by atoms with Crippen LogP contribution in [0.15, 0.2) is 72.8 Å². The molecule has 0 radical (unpaired) electrons. The second-order valence-electron chi connectivity index (χ2n) is 9.40. The molecule has 3 nitrogen and oxygen atoms in total. The fourth-order valence-corrected chi connectivity index (χ4v) is 9.16. The molecule has 1 heterocycles. The fourth-order valence-electron chi connectivity index (χ4n) is 4.58. The van der Waals surface area contributed by atoms with Crippen molar-refractivity contribution < 1.29 is 14.0 Å². The number of carbonyl (C=O) groups excluding carboxylic acids is 1. The third kappa shape index (κ3) is 4.60. The summed E-state index contributed by atoms with van der Waals surface area (Å²) in [6, 6.07) is 21.4. The number of carbonyl (C=O) groups is 1. The molecule has 2 aromatic carbocycles. The highest BCUT2D eigenvalue weighted by Crippen LogP contribution is 2.37. The van der Waals surface area contributed by atoms with Crippen molar-refractivity contribution in [2.45, 2.75) is 52.2 Å². The van der Waals surface area contributed by atoms with E-state index in [2.05, 4.69) is 95.3 Å². The van der Waals surface area contributed by atoms with E-state index in [0.717, 1.165) is 6.42 Å². The molecular formula is C26H34O3Si. The first-order chi connectivity index (χ1) is 14.3. The van der Waals surface area contributed by atoms with Crippen LogP contribution < -0.4 is 10.4 Å². The summed E-state index contributed by atoms with van der Waals surface area (Å²) in [6.07, 6.45) is 4.24. The van der Waals surface area contributed by atoms with Gasteiger partial charge in [0.15, 0.2) is 0 Å². The highest BCUT2D eigenvalue weighted by Gasteiger charge is 2.50. The van der Waals surface area contributed by atoms with Crippen molar-refractivity contribution >= 4 is 24.7 Å². The van der Waals surface area contributed by atoms with Gasteiger partial charge in [0, 0.05) is 18.6 Å². The SMILES string of the molecule is C[C@H]1C=CC(=O)O[C@H]1[C@@H](C)CCO[Si](c1ccccc1)(c1ccccc1)C(C)(C)C. The number of cyclic esters (lactones) is 1. The maximum atomic E-state index is 11.7. The summed E-state index contributed by atoms with van der Waals surface area (Å²) in [5, 5.41) is 2.54. The van der Waals surface area contributed by atoms with Gasteiger partial charge in [0.05, 0.1) is 0 Å². The van der Waals surface area contributed by atoms with E-state index in [1.807, 2.05) is 6.08 Å². The van der Waals surface area contributed by atoms with E-state index in [1.54, 1.807) is 0 Å². The molecule has 0 amide bonds. The minimum Gasteiger partial charge on any atom is -0.458 e. The lowest BCUT2D eigenvalue weighted by molar-refractivity contribution is -0.149. The lowest BCUT2D eigenvalue weighted by Crippen LogP contribution is -2.66. The van der Waals surface area contributed by atoms with Crippen molar-refractivity contribution in [1.82, 2.24) is 0 Å². The van der Waals surface area contributed by atoms with E-state index >= 15 is 0 Å². The number of benzene rings is 2. The molecule has 1 aliphatic rings. The standard InChI is InChI=1S/C26H34O3Si/c1-20-16-17-24(27)29-25(20)21(2)18-19-28-30(26(3,4)5,22-12-8-6-9-13-22)23-14-10-7-11-15-23/h6-17,20-21,25H,18-19H2,1-5H3/t20-,21-,25+/m0/s1. The van der Waals surface area contributed by atoms with Crippen LogP contribution in [0, 0.1) is 11.8 Å². The molecule has 3 atom stereocenters. The maximum absolute atomic E-state index is 11.7. The van der Waals surface area contributed by atoms with Crippen LogP contribution >= 0.6 is 0 Å². The molecule has 0 saturated heterocycles. The molecule has 0 aromatic heterocycles. The average molecular weight is 423 g/mol. The first kappa shape index (κ1) is 22.5. The van der Waals surface area contributed by atoms with Gasteiger partial charge in [0.2, 0.25) is 0 Å². The summed E-state index contributed by atoms with van der Waals surface area (Å²) in [6.45, 7) is 11.8. The van der Waals surface area contributed by atoms with Crippen LogP contribution in [-0.4, -0.2) is 27.0 Å². The fraction of sp³-hybridized carbons (Fsp3) is 0.423. The summed E-state index contributed by atoms with van der Waals surface area (Å²) < 4.78 is 12.6. The number of esters is 1. The first-order valence-corrected chi connectivity index (χ1v) is 12.8. The highest BCUT2D eigenvalue weighted by molar-refractivity contribution is 6.99. The summed E-state index contributed by atoms with van der Waals surface area (Å²) >= 11 is 0. The third-order valence-electron chi connectivity index (χ3n) is 6.18. The zero-order valence-electron chi connectivity index (χ0n) is 18.8. The largest absolute Gasteiger partial charge is 0.458 e. The van der Waals surface area contributed by atoms with Crippen LogP contribution in [0.25, 0.3) is 0 Å². The minimum absolute atomic E-state index is 0.0354. The van der Waals surface area contributed by atoms with Crippen LogP contribution in [-0.2, 0) is 14.0 Å².